The van der Waals surface area contributed by atoms with E-state index >= 15 is 0 Å². The molecule has 0 aliphatic rings. The van der Waals surface area contributed by atoms with E-state index in [0.29, 0.717) is 5.75 Å². The van der Waals surface area contributed by atoms with Gasteiger partial charge in [-0.3, -0.25) is 0 Å². The van der Waals surface area contributed by atoms with E-state index in [1.165, 1.54) is 0 Å². The molecule has 88 valence electrons. The number of hydrogen-bond donors (Lipinski definition) is 2. The van der Waals surface area contributed by atoms with E-state index < -0.39 is 0 Å². The molecule has 0 aliphatic carbocycles. The molecule has 0 aromatic heterocycles. The minimum atomic E-state index is 0.309. The van der Waals surface area contributed by atoms with Crippen LogP contribution < -0.4 is 5.32 Å². The van der Waals surface area contributed by atoms with Crippen LogP contribution in [0, 0.1) is 0 Å². The van der Waals surface area contributed by atoms with Gasteiger partial charge >= 0.3 is 0 Å². The number of aromatic hydroxyl groups is 1. The maximum absolute atomic E-state index is 9.83. The summed E-state index contributed by atoms with van der Waals surface area (Å²) in [5, 5.41) is 15.1. The second kappa shape index (κ2) is 4.41. The van der Waals surface area contributed by atoms with E-state index in [9.17, 15) is 5.11 Å². The van der Waals surface area contributed by atoms with Crippen LogP contribution in [0.15, 0.2) is 66.7 Å². The van der Waals surface area contributed by atoms with Gasteiger partial charge in [0.25, 0.3) is 0 Å². The Hall–Kier alpha value is -2.48. The highest BCUT2D eigenvalue weighted by molar-refractivity contribution is 5.98. The molecule has 18 heavy (non-hydrogen) atoms. The largest absolute Gasteiger partial charge is 0.507 e. The van der Waals surface area contributed by atoms with Crippen molar-refractivity contribution < 1.29 is 5.11 Å². The number of hydrogen-bond acceptors (Lipinski definition) is 2. The van der Waals surface area contributed by atoms with E-state index in [0.717, 1.165) is 22.1 Å². The zero-order chi connectivity index (χ0) is 12.4. The summed E-state index contributed by atoms with van der Waals surface area (Å²) in [5.74, 6) is 0.309. The van der Waals surface area contributed by atoms with Gasteiger partial charge in [-0.05, 0) is 24.3 Å². The molecule has 0 spiro atoms. The number of fused-ring (bicyclic) bond motifs is 1. The molecule has 0 fully saturated rings. The minimum absolute atomic E-state index is 0.309. The number of phenolic OH excluding ortho intramolecular Hbond substituents is 1. The number of phenols is 1. The topological polar surface area (TPSA) is 32.3 Å². The molecule has 0 heterocycles. The minimum Gasteiger partial charge on any atom is -0.507 e. The van der Waals surface area contributed by atoms with Gasteiger partial charge in [0.05, 0.1) is 0 Å². The fraction of sp³-hybridized carbons (Fsp3) is 0. The van der Waals surface area contributed by atoms with E-state index in [1.54, 1.807) is 6.07 Å². The summed E-state index contributed by atoms with van der Waals surface area (Å²) in [6.07, 6.45) is 0. The molecular weight excluding hydrogens is 222 g/mol. The second-order valence-corrected chi connectivity index (χ2v) is 4.17. The average molecular weight is 235 g/mol. The van der Waals surface area contributed by atoms with Crippen molar-refractivity contribution in [2.75, 3.05) is 5.32 Å². The highest BCUT2D eigenvalue weighted by atomic mass is 16.3. The van der Waals surface area contributed by atoms with Crippen LogP contribution in [0.2, 0.25) is 0 Å². The first-order chi connectivity index (χ1) is 8.84. The summed E-state index contributed by atoms with van der Waals surface area (Å²) < 4.78 is 0. The molecule has 0 unspecified atom stereocenters. The summed E-state index contributed by atoms with van der Waals surface area (Å²) >= 11 is 0. The van der Waals surface area contributed by atoms with Gasteiger partial charge in [-0.1, -0.05) is 42.5 Å². The molecule has 0 atom stereocenters. The van der Waals surface area contributed by atoms with Crippen LogP contribution in [-0.2, 0) is 0 Å². The van der Waals surface area contributed by atoms with Gasteiger partial charge in [-0.2, -0.15) is 0 Å². The van der Waals surface area contributed by atoms with Crippen LogP contribution in [-0.4, -0.2) is 5.11 Å². The predicted octanol–water partition coefficient (Wildman–Crippen LogP) is 4.29. The lowest BCUT2D eigenvalue weighted by molar-refractivity contribution is 0.481. The van der Waals surface area contributed by atoms with Gasteiger partial charge in [0.2, 0.25) is 0 Å². The van der Waals surface area contributed by atoms with Crippen LogP contribution in [0.3, 0.4) is 0 Å². The number of para-hydroxylation sites is 1. The fourth-order valence-corrected chi connectivity index (χ4v) is 2.07. The molecule has 0 aliphatic heterocycles. The van der Waals surface area contributed by atoms with Crippen LogP contribution >= 0.6 is 0 Å². The van der Waals surface area contributed by atoms with Gasteiger partial charge in [-0.25, -0.2) is 0 Å². The molecule has 2 nitrogen and oxygen atoms in total. The van der Waals surface area contributed by atoms with Crippen molar-refractivity contribution in [1.82, 2.24) is 0 Å². The molecule has 3 rings (SSSR count). The van der Waals surface area contributed by atoms with Crippen LogP contribution in [0.4, 0.5) is 11.4 Å². The maximum Gasteiger partial charge on any atom is 0.123 e. The zero-order valence-electron chi connectivity index (χ0n) is 9.80. The third-order valence-electron chi connectivity index (χ3n) is 2.95. The normalized spacial score (nSPS) is 10.4. The Morgan fingerprint density at radius 1 is 0.667 bits per heavy atom. The summed E-state index contributed by atoms with van der Waals surface area (Å²) in [6.45, 7) is 0. The number of nitrogens with one attached hydrogen (secondary N) is 1. The van der Waals surface area contributed by atoms with Crippen molar-refractivity contribution in [2.24, 2.45) is 0 Å². The smallest absolute Gasteiger partial charge is 0.123 e. The Balaban J connectivity index is 2.10. The Morgan fingerprint density at radius 2 is 1.33 bits per heavy atom. The molecule has 2 heteroatoms. The molecule has 3 aromatic carbocycles. The lowest BCUT2D eigenvalue weighted by atomic mass is 10.1. The van der Waals surface area contributed by atoms with Crippen LogP contribution in [0.5, 0.6) is 5.75 Å². The Morgan fingerprint density at radius 3 is 2.11 bits per heavy atom. The quantitative estimate of drug-likeness (QED) is 0.649. The third kappa shape index (κ3) is 1.89. The van der Waals surface area contributed by atoms with Gasteiger partial charge in [-0.15, -0.1) is 0 Å². The molecule has 0 saturated carbocycles. The van der Waals surface area contributed by atoms with Gasteiger partial charge in [0, 0.05) is 22.1 Å². The first-order valence-electron chi connectivity index (χ1n) is 5.87. The van der Waals surface area contributed by atoms with Crippen molar-refractivity contribution in [3.63, 3.8) is 0 Å². The molecular formula is C16H13NO. The summed E-state index contributed by atoms with van der Waals surface area (Å²) in [6, 6.07) is 21.4. The van der Waals surface area contributed by atoms with Crippen LogP contribution in [0.1, 0.15) is 0 Å². The highest BCUT2D eigenvalue weighted by Gasteiger charge is 2.04. The highest BCUT2D eigenvalue weighted by Crippen LogP contribution is 2.32. The molecule has 3 aromatic rings. The van der Waals surface area contributed by atoms with Gasteiger partial charge in [0.1, 0.15) is 5.75 Å². The zero-order valence-corrected chi connectivity index (χ0v) is 9.80. The fourth-order valence-electron chi connectivity index (χ4n) is 2.07. The molecule has 2 N–H and O–H groups in total. The first-order valence-corrected chi connectivity index (χ1v) is 5.87. The van der Waals surface area contributed by atoms with E-state index in [1.807, 2.05) is 60.7 Å². The lowest BCUT2D eigenvalue weighted by Crippen LogP contribution is -1.90. The summed E-state index contributed by atoms with van der Waals surface area (Å²) in [7, 11) is 0. The molecule has 0 amide bonds. The third-order valence-corrected chi connectivity index (χ3v) is 2.95. The first kappa shape index (κ1) is 10.7. The van der Waals surface area contributed by atoms with Crippen molar-refractivity contribution in [1.29, 1.82) is 0 Å². The van der Waals surface area contributed by atoms with Crippen molar-refractivity contribution >= 4 is 22.1 Å². The van der Waals surface area contributed by atoms with Crippen molar-refractivity contribution in [3.8, 4) is 5.75 Å². The van der Waals surface area contributed by atoms with Gasteiger partial charge < -0.3 is 10.4 Å². The number of anilines is 2. The Bertz CT molecular complexity index is 677. The monoisotopic (exact) mass is 235 g/mol. The van der Waals surface area contributed by atoms with E-state index in [4.69, 9.17) is 0 Å². The number of benzene rings is 3. The molecule has 0 bridgehead atoms. The molecule has 0 saturated heterocycles. The Kier molecular flexibility index (Phi) is 2.61. The average Bonchev–Trinajstić information content (AvgIpc) is 2.44. The second-order valence-electron chi connectivity index (χ2n) is 4.17. The number of rotatable bonds is 2. The van der Waals surface area contributed by atoms with Crippen LogP contribution in [0.25, 0.3) is 10.8 Å². The van der Waals surface area contributed by atoms with E-state index in [2.05, 4.69) is 5.32 Å². The van der Waals surface area contributed by atoms with E-state index in [-0.39, 0.29) is 0 Å². The SMILES string of the molecule is Oc1ccc(Nc2ccccc2)c2ccccc12. The Labute approximate surface area is 106 Å². The maximum atomic E-state index is 9.83. The standard InChI is InChI=1S/C16H13NO/c18-16-11-10-15(13-8-4-5-9-14(13)16)17-12-6-2-1-3-7-12/h1-11,17-18H. The van der Waals surface area contributed by atoms with Crippen molar-refractivity contribution in [3.05, 3.63) is 66.7 Å². The van der Waals surface area contributed by atoms with Gasteiger partial charge in [0.15, 0.2) is 0 Å². The summed E-state index contributed by atoms with van der Waals surface area (Å²) in [5.41, 5.74) is 2.03. The predicted molar refractivity (Wildman–Crippen MR) is 75.3 cm³/mol. The molecule has 0 radical (unpaired) electrons. The van der Waals surface area contributed by atoms with Crippen molar-refractivity contribution in [2.45, 2.75) is 0 Å². The lowest BCUT2D eigenvalue weighted by Gasteiger charge is -2.10. The summed E-state index contributed by atoms with van der Waals surface area (Å²) in [4.78, 5) is 0.